The second-order valence-electron chi connectivity index (χ2n) is 4.83. The lowest BCUT2D eigenvalue weighted by molar-refractivity contribution is -0.0191. The standard InChI is InChI=1S/C14H20BrN3OS/c1-2-18-5-6-19-11(9-18)8-17-10-3-4-12(14(16)20)13(15)7-10/h3-4,7,11,17H,2,5-6,8-9H2,1H3,(H2,16,20). The molecular formula is C14H20BrN3OS. The third-order valence-corrected chi connectivity index (χ3v) is 4.31. The molecule has 1 atom stereocenters. The molecule has 1 aromatic carbocycles. The number of likely N-dealkylation sites (N-methyl/N-ethyl adjacent to an activating group) is 1. The van der Waals surface area contributed by atoms with Gasteiger partial charge in [0.25, 0.3) is 0 Å². The highest BCUT2D eigenvalue weighted by atomic mass is 79.9. The van der Waals surface area contributed by atoms with Gasteiger partial charge in [0.2, 0.25) is 0 Å². The first kappa shape index (κ1) is 15.7. The van der Waals surface area contributed by atoms with Crippen molar-refractivity contribution in [3.8, 4) is 0 Å². The molecular weight excluding hydrogens is 338 g/mol. The molecule has 1 aliphatic heterocycles. The Morgan fingerprint density at radius 2 is 2.40 bits per heavy atom. The predicted molar refractivity (Wildman–Crippen MR) is 90.4 cm³/mol. The van der Waals surface area contributed by atoms with Gasteiger partial charge in [-0.1, -0.05) is 19.1 Å². The number of halogens is 1. The van der Waals surface area contributed by atoms with Gasteiger partial charge in [0, 0.05) is 35.4 Å². The Morgan fingerprint density at radius 1 is 1.60 bits per heavy atom. The van der Waals surface area contributed by atoms with Crippen LogP contribution in [0, 0.1) is 0 Å². The molecule has 1 aromatic rings. The monoisotopic (exact) mass is 357 g/mol. The molecule has 1 saturated heterocycles. The second kappa shape index (κ2) is 7.36. The number of morpholine rings is 1. The molecule has 3 N–H and O–H groups in total. The highest BCUT2D eigenvalue weighted by Gasteiger charge is 2.18. The maximum absolute atomic E-state index is 5.77. The van der Waals surface area contributed by atoms with Crippen LogP contribution in [0.15, 0.2) is 22.7 Å². The van der Waals surface area contributed by atoms with Gasteiger partial charge in [-0.25, -0.2) is 0 Å². The third kappa shape index (κ3) is 4.15. The number of hydrogen-bond donors (Lipinski definition) is 2. The molecule has 0 spiro atoms. The fourth-order valence-corrected chi connectivity index (χ4v) is 3.15. The molecule has 2 rings (SSSR count). The Kier molecular flexibility index (Phi) is 5.77. The number of rotatable bonds is 5. The summed E-state index contributed by atoms with van der Waals surface area (Å²) < 4.78 is 6.68. The van der Waals surface area contributed by atoms with Crippen LogP contribution >= 0.6 is 28.1 Å². The lowest BCUT2D eigenvalue weighted by Crippen LogP contribution is -2.45. The highest BCUT2D eigenvalue weighted by Crippen LogP contribution is 2.21. The summed E-state index contributed by atoms with van der Waals surface area (Å²) in [7, 11) is 0. The third-order valence-electron chi connectivity index (χ3n) is 3.44. The van der Waals surface area contributed by atoms with Crippen LogP contribution in [0.2, 0.25) is 0 Å². The van der Waals surface area contributed by atoms with E-state index in [-0.39, 0.29) is 6.10 Å². The Morgan fingerprint density at radius 3 is 3.05 bits per heavy atom. The Balaban J connectivity index is 1.91. The molecule has 1 heterocycles. The van der Waals surface area contributed by atoms with E-state index in [0.717, 1.165) is 48.5 Å². The topological polar surface area (TPSA) is 50.5 Å². The molecule has 110 valence electrons. The Hall–Kier alpha value is -0.690. The summed E-state index contributed by atoms with van der Waals surface area (Å²) in [5, 5.41) is 3.40. The summed E-state index contributed by atoms with van der Waals surface area (Å²) >= 11 is 8.48. The number of nitrogens with two attached hydrogens (primary N) is 1. The first-order chi connectivity index (χ1) is 9.60. The van der Waals surface area contributed by atoms with E-state index in [2.05, 4.69) is 33.1 Å². The molecule has 6 heteroatoms. The van der Waals surface area contributed by atoms with Gasteiger partial charge in [-0.15, -0.1) is 0 Å². The van der Waals surface area contributed by atoms with Gasteiger partial charge < -0.3 is 15.8 Å². The minimum Gasteiger partial charge on any atom is -0.389 e. The lowest BCUT2D eigenvalue weighted by atomic mass is 10.2. The summed E-state index contributed by atoms with van der Waals surface area (Å²) in [4.78, 5) is 2.81. The Labute approximate surface area is 133 Å². The number of benzene rings is 1. The van der Waals surface area contributed by atoms with Crippen LogP contribution in [0.25, 0.3) is 0 Å². The van der Waals surface area contributed by atoms with Gasteiger partial charge in [0.15, 0.2) is 0 Å². The van der Waals surface area contributed by atoms with E-state index in [1.165, 1.54) is 0 Å². The molecule has 0 radical (unpaired) electrons. The van der Waals surface area contributed by atoms with Crippen LogP contribution in [0.4, 0.5) is 5.69 Å². The maximum Gasteiger partial charge on any atom is 0.105 e. The first-order valence-corrected chi connectivity index (χ1v) is 7.97. The fraction of sp³-hybridized carbons (Fsp3) is 0.500. The van der Waals surface area contributed by atoms with Crippen molar-refractivity contribution in [2.75, 3.05) is 38.1 Å². The van der Waals surface area contributed by atoms with E-state index in [1.54, 1.807) is 0 Å². The van der Waals surface area contributed by atoms with Crippen molar-refractivity contribution < 1.29 is 4.74 Å². The summed E-state index contributed by atoms with van der Waals surface area (Å²) in [5.74, 6) is 0. The molecule has 0 saturated carbocycles. The van der Waals surface area contributed by atoms with Crippen molar-refractivity contribution in [3.05, 3.63) is 28.2 Å². The summed E-state index contributed by atoms with van der Waals surface area (Å²) in [5.41, 5.74) is 7.54. The molecule has 1 aliphatic rings. The van der Waals surface area contributed by atoms with Gasteiger partial charge in [0.1, 0.15) is 4.99 Å². The van der Waals surface area contributed by atoms with E-state index >= 15 is 0 Å². The van der Waals surface area contributed by atoms with Crippen LogP contribution in [-0.2, 0) is 4.74 Å². The SMILES string of the molecule is CCN1CCOC(CNc2ccc(C(N)=S)c(Br)c2)C1. The second-order valence-corrected chi connectivity index (χ2v) is 6.12. The zero-order valence-corrected chi connectivity index (χ0v) is 14.0. The van der Waals surface area contributed by atoms with Crippen LogP contribution in [0.5, 0.6) is 0 Å². The minimum atomic E-state index is 0.234. The predicted octanol–water partition coefficient (Wildman–Crippen LogP) is 2.22. The van der Waals surface area contributed by atoms with E-state index in [4.69, 9.17) is 22.7 Å². The van der Waals surface area contributed by atoms with E-state index in [9.17, 15) is 0 Å². The summed E-state index contributed by atoms with van der Waals surface area (Å²) in [6.45, 7) is 6.88. The molecule has 0 aliphatic carbocycles. The number of nitrogens with one attached hydrogen (secondary N) is 1. The van der Waals surface area contributed by atoms with E-state index in [1.807, 2.05) is 18.2 Å². The Bertz CT molecular complexity index is 483. The summed E-state index contributed by atoms with van der Waals surface area (Å²) in [6.07, 6.45) is 0.234. The molecule has 0 amide bonds. The first-order valence-electron chi connectivity index (χ1n) is 6.77. The zero-order chi connectivity index (χ0) is 14.5. The number of hydrogen-bond acceptors (Lipinski definition) is 4. The fourth-order valence-electron chi connectivity index (χ4n) is 2.25. The van der Waals surface area contributed by atoms with E-state index in [0.29, 0.717) is 4.99 Å². The van der Waals surface area contributed by atoms with Crippen molar-refractivity contribution in [2.24, 2.45) is 5.73 Å². The highest BCUT2D eigenvalue weighted by molar-refractivity contribution is 9.10. The maximum atomic E-state index is 5.77. The van der Waals surface area contributed by atoms with Gasteiger partial charge in [-0.3, -0.25) is 4.90 Å². The van der Waals surface area contributed by atoms with Crippen LogP contribution in [0.3, 0.4) is 0 Å². The largest absolute Gasteiger partial charge is 0.389 e. The van der Waals surface area contributed by atoms with Crippen molar-refractivity contribution in [1.82, 2.24) is 4.90 Å². The van der Waals surface area contributed by atoms with Gasteiger partial charge in [-0.05, 0) is 40.7 Å². The van der Waals surface area contributed by atoms with Gasteiger partial charge in [-0.2, -0.15) is 0 Å². The number of thiocarbonyl (C=S) groups is 1. The van der Waals surface area contributed by atoms with Crippen LogP contribution < -0.4 is 11.1 Å². The van der Waals surface area contributed by atoms with Crippen molar-refractivity contribution in [3.63, 3.8) is 0 Å². The molecule has 1 unspecified atom stereocenters. The zero-order valence-electron chi connectivity index (χ0n) is 11.6. The normalized spacial score (nSPS) is 19.8. The average Bonchev–Trinajstić information content (AvgIpc) is 2.45. The van der Waals surface area contributed by atoms with Crippen LogP contribution in [0.1, 0.15) is 12.5 Å². The number of nitrogens with zero attached hydrogens (tertiary/aromatic N) is 1. The smallest absolute Gasteiger partial charge is 0.105 e. The molecule has 1 fully saturated rings. The molecule has 0 bridgehead atoms. The minimum absolute atomic E-state index is 0.234. The molecule has 20 heavy (non-hydrogen) atoms. The quantitative estimate of drug-likeness (QED) is 0.791. The van der Waals surface area contributed by atoms with Crippen molar-refractivity contribution in [2.45, 2.75) is 13.0 Å². The summed E-state index contributed by atoms with van der Waals surface area (Å²) in [6, 6.07) is 5.91. The van der Waals surface area contributed by atoms with Crippen molar-refractivity contribution in [1.29, 1.82) is 0 Å². The molecule has 4 nitrogen and oxygen atoms in total. The van der Waals surface area contributed by atoms with Crippen molar-refractivity contribution >= 4 is 38.8 Å². The lowest BCUT2D eigenvalue weighted by Gasteiger charge is -2.32. The average molecular weight is 358 g/mol. The number of ether oxygens (including phenoxy) is 1. The van der Waals surface area contributed by atoms with Gasteiger partial charge in [0.05, 0.1) is 12.7 Å². The van der Waals surface area contributed by atoms with Gasteiger partial charge >= 0.3 is 0 Å². The molecule has 0 aromatic heterocycles. The number of anilines is 1. The van der Waals surface area contributed by atoms with Crippen LogP contribution in [-0.4, -0.2) is 48.8 Å². The van der Waals surface area contributed by atoms with E-state index < -0.39 is 0 Å².